The van der Waals surface area contributed by atoms with E-state index < -0.39 is 0 Å². The minimum absolute atomic E-state index is 0.778. The van der Waals surface area contributed by atoms with Gasteiger partial charge >= 0.3 is 0 Å². The molecular weight excluding hydrogens is 488 g/mol. The van der Waals surface area contributed by atoms with E-state index >= 15 is 0 Å². The lowest BCUT2D eigenvalue weighted by atomic mass is 9.92. The van der Waals surface area contributed by atoms with E-state index in [4.69, 9.17) is 9.47 Å². The lowest BCUT2D eigenvalue weighted by Gasteiger charge is -2.20. The fourth-order valence-corrected chi connectivity index (χ4v) is 6.14. The van der Waals surface area contributed by atoms with Crippen LogP contribution < -0.4 is 9.47 Å². The summed E-state index contributed by atoms with van der Waals surface area (Å²) in [5.41, 5.74) is 7.02. The minimum atomic E-state index is 0.778. The molecule has 0 unspecified atom stereocenters. The maximum absolute atomic E-state index is 6.70. The summed E-state index contributed by atoms with van der Waals surface area (Å²) in [6.07, 6.45) is 10.7. The highest BCUT2D eigenvalue weighted by molar-refractivity contribution is 5.98. The Kier molecular flexibility index (Phi) is 5.31. The summed E-state index contributed by atoms with van der Waals surface area (Å²) >= 11 is 0. The number of hydrogen-bond donors (Lipinski definition) is 0. The van der Waals surface area contributed by atoms with Crippen molar-refractivity contribution < 1.29 is 9.47 Å². The Morgan fingerprint density at radius 1 is 0.475 bits per heavy atom. The van der Waals surface area contributed by atoms with Gasteiger partial charge in [0.25, 0.3) is 0 Å². The van der Waals surface area contributed by atoms with E-state index in [-0.39, 0.29) is 0 Å². The normalized spacial score (nSPS) is 13.1. The van der Waals surface area contributed by atoms with Gasteiger partial charge in [-0.25, -0.2) is 0 Å². The maximum Gasteiger partial charge on any atom is 0.135 e. The van der Waals surface area contributed by atoms with Crippen molar-refractivity contribution >= 4 is 33.7 Å². The second-order valence-electron chi connectivity index (χ2n) is 10.4. The summed E-state index contributed by atoms with van der Waals surface area (Å²) in [5, 5.41) is 5.05. The van der Waals surface area contributed by atoms with Crippen molar-refractivity contribution in [2.75, 3.05) is 0 Å². The molecular formula is C38H26O2. The van der Waals surface area contributed by atoms with Crippen LogP contribution >= 0.6 is 0 Å². The monoisotopic (exact) mass is 514 g/mol. The number of ether oxygens (including phenoxy) is 2. The van der Waals surface area contributed by atoms with Gasteiger partial charge in [-0.1, -0.05) is 103 Å². The zero-order valence-electron chi connectivity index (χ0n) is 21.9. The molecule has 0 amide bonds. The Morgan fingerprint density at radius 2 is 1.07 bits per heavy atom. The Labute approximate surface area is 233 Å². The van der Waals surface area contributed by atoms with Gasteiger partial charge in [-0.2, -0.15) is 0 Å². The van der Waals surface area contributed by atoms with Crippen molar-refractivity contribution in [3.8, 4) is 34.1 Å². The average molecular weight is 515 g/mol. The molecule has 0 saturated heterocycles. The summed E-state index contributed by atoms with van der Waals surface area (Å²) < 4.78 is 13.3. The van der Waals surface area contributed by atoms with E-state index in [1.54, 1.807) is 0 Å². The summed E-state index contributed by atoms with van der Waals surface area (Å²) in [4.78, 5) is 0. The third kappa shape index (κ3) is 3.80. The molecule has 0 aliphatic heterocycles. The van der Waals surface area contributed by atoms with Crippen LogP contribution in [0.3, 0.4) is 0 Å². The molecule has 2 nitrogen and oxygen atoms in total. The highest BCUT2D eigenvalue weighted by atomic mass is 16.5. The second-order valence-corrected chi connectivity index (χ2v) is 10.4. The van der Waals surface area contributed by atoms with Gasteiger partial charge in [0, 0.05) is 16.7 Å². The highest BCUT2D eigenvalue weighted by Crippen LogP contribution is 2.43. The van der Waals surface area contributed by atoms with Crippen LogP contribution in [-0.4, -0.2) is 0 Å². The van der Waals surface area contributed by atoms with E-state index in [1.165, 1.54) is 32.7 Å². The van der Waals surface area contributed by atoms with Crippen molar-refractivity contribution in [3.05, 3.63) is 144 Å². The molecule has 0 saturated carbocycles. The fourth-order valence-electron chi connectivity index (χ4n) is 6.14. The molecule has 6 aromatic carbocycles. The molecule has 40 heavy (non-hydrogen) atoms. The van der Waals surface area contributed by atoms with Crippen molar-refractivity contribution in [2.45, 2.75) is 12.8 Å². The maximum atomic E-state index is 6.70. The summed E-state index contributed by atoms with van der Waals surface area (Å²) in [5.74, 6) is 3.30. The van der Waals surface area contributed by atoms with Crippen molar-refractivity contribution in [1.29, 1.82) is 0 Å². The lowest BCUT2D eigenvalue weighted by Crippen LogP contribution is -1.98. The molecule has 0 radical (unpaired) electrons. The standard InChI is InChI=1S/C38H26O2/c1-2-8-25(9-3-1)33-24-30(39-34-21-18-28-12-4-10-26-14-6-16-31(34)37(26)28)20-23-36(33)40-35-22-19-29-13-5-11-27-15-7-17-32(35)38(27)29/h1-13,16-24H,14-15H2. The predicted molar refractivity (Wildman–Crippen MR) is 165 cm³/mol. The van der Waals surface area contributed by atoms with Gasteiger partial charge in [0.15, 0.2) is 0 Å². The topological polar surface area (TPSA) is 18.5 Å². The summed E-state index contributed by atoms with van der Waals surface area (Å²) in [7, 11) is 0. The van der Waals surface area contributed by atoms with Gasteiger partial charge in [0.1, 0.15) is 23.0 Å². The van der Waals surface area contributed by atoms with Crippen molar-refractivity contribution in [2.24, 2.45) is 0 Å². The number of benzene rings is 6. The van der Waals surface area contributed by atoms with Crippen molar-refractivity contribution in [3.63, 3.8) is 0 Å². The van der Waals surface area contributed by atoms with Crippen LogP contribution in [0, 0.1) is 0 Å². The Bertz CT molecular complexity index is 2000. The lowest BCUT2D eigenvalue weighted by molar-refractivity contribution is 0.470. The van der Waals surface area contributed by atoms with E-state index in [1.807, 2.05) is 18.2 Å². The van der Waals surface area contributed by atoms with Gasteiger partial charge in [0.2, 0.25) is 0 Å². The molecule has 190 valence electrons. The van der Waals surface area contributed by atoms with Crippen LogP contribution in [0.2, 0.25) is 0 Å². The van der Waals surface area contributed by atoms with Gasteiger partial charge in [-0.05, 0) is 81.4 Å². The molecule has 0 aromatic heterocycles. The molecule has 2 heteroatoms. The SMILES string of the molecule is C1=Cc2c(Oc3ccc(Oc4ccc5cccc6c5c4C=CC6)c(-c4ccccc4)c3)ccc3cccc(c23)C1. The summed E-state index contributed by atoms with van der Waals surface area (Å²) in [6.45, 7) is 0. The molecule has 2 aliphatic carbocycles. The van der Waals surface area contributed by atoms with Gasteiger partial charge < -0.3 is 9.47 Å². The van der Waals surface area contributed by atoms with E-state index in [9.17, 15) is 0 Å². The van der Waals surface area contributed by atoms with Crippen molar-refractivity contribution in [1.82, 2.24) is 0 Å². The first-order chi connectivity index (χ1) is 19.8. The van der Waals surface area contributed by atoms with Crippen LogP contribution in [-0.2, 0) is 12.8 Å². The third-order valence-electron chi connectivity index (χ3n) is 7.99. The number of hydrogen-bond acceptors (Lipinski definition) is 2. The second kappa shape index (κ2) is 9.29. The number of allylic oxidation sites excluding steroid dienone is 2. The smallest absolute Gasteiger partial charge is 0.135 e. The zero-order valence-corrected chi connectivity index (χ0v) is 21.9. The average Bonchev–Trinajstić information content (AvgIpc) is 3.01. The Morgan fingerprint density at radius 3 is 1.73 bits per heavy atom. The van der Waals surface area contributed by atoms with Gasteiger partial charge in [-0.3, -0.25) is 0 Å². The van der Waals surface area contributed by atoms with Crippen LogP contribution in [0.5, 0.6) is 23.0 Å². The molecule has 2 aliphatic rings. The minimum Gasteiger partial charge on any atom is -0.457 e. The molecule has 0 fully saturated rings. The van der Waals surface area contributed by atoms with E-state index in [2.05, 4.69) is 115 Å². The van der Waals surface area contributed by atoms with Crippen LogP contribution in [0.25, 0.3) is 44.8 Å². The Hall–Kier alpha value is -5.08. The molecule has 0 spiro atoms. The number of rotatable bonds is 5. The quantitative estimate of drug-likeness (QED) is 0.228. The zero-order chi connectivity index (χ0) is 26.5. The van der Waals surface area contributed by atoms with E-state index in [0.29, 0.717) is 0 Å². The first-order valence-corrected chi connectivity index (χ1v) is 13.8. The van der Waals surface area contributed by atoms with E-state index in [0.717, 1.165) is 58.1 Å². The Balaban J connectivity index is 1.22. The molecule has 0 bridgehead atoms. The molecule has 8 rings (SSSR count). The predicted octanol–water partition coefficient (Wildman–Crippen LogP) is 10.4. The fraction of sp³-hybridized carbons (Fsp3) is 0.0526. The van der Waals surface area contributed by atoms with Crippen LogP contribution in [0.4, 0.5) is 0 Å². The third-order valence-corrected chi connectivity index (χ3v) is 7.99. The first kappa shape index (κ1) is 22.9. The van der Waals surface area contributed by atoms with Gasteiger partial charge in [0.05, 0.1) is 0 Å². The molecule has 0 atom stereocenters. The molecule has 0 heterocycles. The molecule has 0 N–H and O–H groups in total. The van der Waals surface area contributed by atoms with Crippen LogP contribution in [0.1, 0.15) is 22.3 Å². The summed E-state index contributed by atoms with van der Waals surface area (Å²) in [6, 6.07) is 38.0. The molecule has 6 aromatic rings. The first-order valence-electron chi connectivity index (χ1n) is 13.8. The van der Waals surface area contributed by atoms with Gasteiger partial charge in [-0.15, -0.1) is 0 Å². The highest BCUT2D eigenvalue weighted by Gasteiger charge is 2.18. The van der Waals surface area contributed by atoms with Crippen LogP contribution in [0.15, 0.2) is 121 Å². The largest absolute Gasteiger partial charge is 0.457 e.